The van der Waals surface area contributed by atoms with Gasteiger partial charge in [-0.15, -0.1) is 0 Å². The minimum absolute atomic E-state index is 0.177. The lowest BCUT2D eigenvalue weighted by molar-refractivity contribution is 0.0601. The first-order valence-corrected chi connectivity index (χ1v) is 13.0. The molecule has 0 bridgehead atoms. The average molecular weight is 540 g/mol. The monoisotopic (exact) mass is 539 g/mol. The molecule has 204 valence electrons. The number of hydrogen-bond acceptors (Lipinski definition) is 6. The molecular weight excluding hydrogens is 509 g/mol. The van der Waals surface area contributed by atoms with Crippen LogP contribution in [-0.2, 0) is 22.4 Å². The van der Waals surface area contributed by atoms with Gasteiger partial charge in [0, 0.05) is 31.7 Å². The molecular formula is C32H30FN3O4. The van der Waals surface area contributed by atoms with Crippen molar-refractivity contribution in [1.29, 1.82) is 0 Å². The molecule has 0 aliphatic carbocycles. The van der Waals surface area contributed by atoms with Gasteiger partial charge >= 0.3 is 5.97 Å². The molecule has 0 saturated carbocycles. The molecule has 2 heterocycles. The molecule has 40 heavy (non-hydrogen) atoms. The molecule has 1 atom stereocenters. The predicted octanol–water partition coefficient (Wildman–Crippen LogP) is 6.40. The number of aromatic nitrogens is 3. The molecule has 0 radical (unpaired) electrons. The van der Waals surface area contributed by atoms with E-state index in [-0.39, 0.29) is 18.3 Å². The first-order valence-electron chi connectivity index (χ1n) is 13.0. The maximum Gasteiger partial charge on any atom is 0.337 e. The Morgan fingerprint density at radius 1 is 0.950 bits per heavy atom. The maximum absolute atomic E-state index is 15.4. The fourth-order valence-electron chi connectivity index (χ4n) is 4.62. The third kappa shape index (κ3) is 5.87. The van der Waals surface area contributed by atoms with Gasteiger partial charge in [0.2, 0.25) is 5.88 Å². The van der Waals surface area contributed by atoms with Gasteiger partial charge in [-0.3, -0.25) is 0 Å². The van der Waals surface area contributed by atoms with E-state index >= 15 is 4.39 Å². The molecule has 0 unspecified atom stereocenters. The Balaban J connectivity index is 1.40. The van der Waals surface area contributed by atoms with Gasteiger partial charge in [0.1, 0.15) is 17.7 Å². The Bertz CT molecular complexity index is 1630. The quantitative estimate of drug-likeness (QED) is 0.191. The first kappa shape index (κ1) is 27.0. The van der Waals surface area contributed by atoms with Crippen LogP contribution < -0.4 is 4.74 Å². The lowest BCUT2D eigenvalue weighted by Crippen LogP contribution is -2.10. The van der Waals surface area contributed by atoms with Crippen LogP contribution in [0.15, 0.2) is 84.9 Å². The van der Waals surface area contributed by atoms with Crippen LogP contribution in [0, 0.1) is 5.82 Å². The Morgan fingerprint density at radius 3 is 2.52 bits per heavy atom. The molecule has 3 aromatic carbocycles. The molecule has 0 saturated heterocycles. The number of halogens is 1. The van der Waals surface area contributed by atoms with Crippen molar-refractivity contribution in [3.63, 3.8) is 0 Å². The molecule has 5 rings (SSSR count). The average Bonchev–Trinajstić information content (AvgIpc) is 3.33. The van der Waals surface area contributed by atoms with Crippen LogP contribution in [0.4, 0.5) is 4.39 Å². The number of methoxy groups -OCH3 is 2. The van der Waals surface area contributed by atoms with Crippen LogP contribution in [-0.4, -0.2) is 41.3 Å². The van der Waals surface area contributed by atoms with Gasteiger partial charge in [-0.05, 0) is 48.4 Å². The van der Waals surface area contributed by atoms with Crippen LogP contribution in [0.2, 0.25) is 0 Å². The van der Waals surface area contributed by atoms with Crippen molar-refractivity contribution in [2.75, 3.05) is 20.8 Å². The number of hydrogen-bond donors (Lipinski definition) is 0. The van der Waals surface area contributed by atoms with E-state index in [2.05, 4.69) is 4.98 Å². The minimum Gasteiger partial charge on any atom is -0.470 e. The van der Waals surface area contributed by atoms with Gasteiger partial charge in [-0.25, -0.2) is 19.2 Å². The van der Waals surface area contributed by atoms with Crippen LogP contribution in [0.1, 0.15) is 40.3 Å². The Hall–Kier alpha value is -4.56. The van der Waals surface area contributed by atoms with Gasteiger partial charge in [0.05, 0.1) is 36.0 Å². The third-order valence-corrected chi connectivity index (χ3v) is 6.75. The zero-order valence-corrected chi connectivity index (χ0v) is 22.6. The number of fused-ring (bicyclic) bond motifs is 1. The smallest absolute Gasteiger partial charge is 0.337 e. The van der Waals surface area contributed by atoms with Crippen molar-refractivity contribution in [2.45, 2.75) is 26.0 Å². The highest BCUT2D eigenvalue weighted by molar-refractivity contribution is 5.93. The van der Waals surface area contributed by atoms with Crippen LogP contribution in [0.3, 0.4) is 0 Å². The van der Waals surface area contributed by atoms with Crippen molar-refractivity contribution in [1.82, 2.24) is 14.5 Å². The first-order chi connectivity index (χ1) is 19.5. The van der Waals surface area contributed by atoms with Crippen molar-refractivity contribution in [2.24, 2.45) is 0 Å². The Kier molecular flexibility index (Phi) is 8.17. The standard InChI is InChI=1S/C32H30FN3O4/c1-21(22-8-5-4-6-9-22)40-31-11-7-10-27(35-31)24-13-12-23(26(33)18-24)20-30-34-28-15-14-25(32(37)39-3)19-29(28)36(30)16-17-38-2/h4-15,18-19,21H,16-17,20H2,1-3H3/t21-/m0/s1. The summed E-state index contributed by atoms with van der Waals surface area (Å²) in [6, 6.07) is 25.7. The van der Waals surface area contributed by atoms with E-state index in [0.717, 1.165) is 11.1 Å². The van der Waals surface area contributed by atoms with Gasteiger partial charge < -0.3 is 18.8 Å². The van der Waals surface area contributed by atoms with Crippen molar-refractivity contribution in [3.8, 4) is 17.1 Å². The number of carbonyl (C=O) groups is 1. The summed E-state index contributed by atoms with van der Waals surface area (Å²) < 4.78 is 33.6. The summed E-state index contributed by atoms with van der Waals surface area (Å²) >= 11 is 0. The number of pyridine rings is 1. The van der Waals surface area contributed by atoms with Gasteiger partial charge in [0.25, 0.3) is 0 Å². The number of benzene rings is 3. The fraction of sp³-hybridized carbons (Fsp3) is 0.219. The summed E-state index contributed by atoms with van der Waals surface area (Å²) in [5.41, 5.74) is 4.70. The second kappa shape index (κ2) is 12.1. The molecule has 0 spiro atoms. The molecule has 2 aromatic heterocycles. The van der Waals surface area contributed by atoms with Crippen molar-refractivity contribution >= 4 is 17.0 Å². The second-order valence-electron chi connectivity index (χ2n) is 9.38. The molecule has 7 nitrogen and oxygen atoms in total. The van der Waals surface area contributed by atoms with Crippen LogP contribution >= 0.6 is 0 Å². The van der Waals surface area contributed by atoms with Gasteiger partial charge in [-0.2, -0.15) is 0 Å². The molecule has 5 aromatic rings. The van der Waals surface area contributed by atoms with E-state index in [9.17, 15) is 4.79 Å². The fourth-order valence-corrected chi connectivity index (χ4v) is 4.62. The topological polar surface area (TPSA) is 75.5 Å². The van der Waals surface area contributed by atoms with E-state index in [1.807, 2.05) is 60.0 Å². The van der Waals surface area contributed by atoms with Gasteiger partial charge in [0.15, 0.2) is 0 Å². The molecule has 0 aliphatic heterocycles. The minimum atomic E-state index is -0.429. The van der Waals surface area contributed by atoms with Crippen molar-refractivity contribution in [3.05, 3.63) is 113 Å². The van der Waals surface area contributed by atoms with E-state index < -0.39 is 5.97 Å². The predicted molar refractivity (Wildman–Crippen MR) is 151 cm³/mol. The summed E-state index contributed by atoms with van der Waals surface area (Å²) in [7, 11) is 2.96. The van der Waals surface area contributed by atoms with E-state index in [4.69, 9.17) is 19.2 Å². The van der Waals surface area contributed by atoms with Crippen molar-refractivity contribution < 1.29 is 23.4 Å². The third-order valence-electron chi connectivity index (χ3n) is 6.75. The highest BCUT2D eigenvalue weighted by atomic mass is 19.1. The number of nitrogens with zero attached hydrogens (tertiary/aromatic N) is 3. The number of rotatable bonds is 10. The molecule has 0 fully saturated rings. The van der Waals surface area contributed by atoms with E-state index in [1.165, 1.54) is 13.2 Å². The maximum atomic E-state index is 15.4. The van der Waals surface area contributed by atoms with Gasteiger partial charge in [-0.1, -0.05) is 48.5 Å². The normalized spacial score (nSPS) is 11.9. The van der Waals surface area contributed by atoms with Crippen LogP contribution in [0.5, 0.6) is 5.88 Å². The zero-order chi connectivity index (χ0) is 28.1. The number of imidazole rings is 1. The Morgan fingerprint density at radius 2 is 1.77 bits per heavy atom. The summed E-state index contributed by atoms with van der Waals surface area (Å²) in [5, 5.41) is 0. The van der Waals surface area contributed by atoms with E-state index in [1.54, 1.807) is 37.4 Å². The summed E-state index contributed by atoms with van der Waals surface area (Å²) in [4.78, 5) is 21.4. The Labute approximate surface area is 232 Å². The lowest BCUT2D eigenvalue weighted by Gasteiger charge is -2.15. The molecule has 0 N–H and O–H groups in total. The molecule has 0 aliphatic rings. The summed E-state index contributed by atoms with van der Waals surface area (Å²) in [6.45, 7) is 2.91. The lowest BCUT2D eigenvalue weighted by atomic mass is 10.1. The number of esters is 1. The molecule has 0 amide bonds. The summed E-state index contributed by atoms with van der Waals surface area (Å²) in [6.07, 6.45) is 0.0904. The zero-order valence-electron chi connectivity index (χ0n) is 22.6. The number of ether oxygens (including phenoxy) is 3. The summed E-state index contributed by atoms with van der Waals surface area (Å²) in [5.74, 6) is 0.353. The highest BCUT2D eigenvalue weighted by Crippen LogP contribution is 2.27. The highest BCUT2D eigenvalue weighted by Gasteiger charge is 2.17. The van der Waals surface area contributed by atoms with E-state index in [0.29, 0.717) is 52.8 Å². The number of carbonyl (C=O) groups excluding carboxylic acids is 1. The SMILES string of the molecule is COCCn1c(Cc2ccc(-c3cccc(O[C@@H](C)c4ccccc4)n3)cc2F)nc2ccc(C(=O)OC)cc21. The van der Waals surface area contributed by atoms with Crippen LogP contribution in [0.25, 0.3) is 22.3 Å². The second-order valence-corrected chi connectivity index (χ2v) is 9.38. The molecule has 8 heteroatoms. The largest absolute Gasteiger partial charge is 0.470 e.